The number of fused-ring (bicyclic) bond motifs is 1. The van der Waals surface area contributed by atoms with Crippen molar-refractivity contribution in [1.29, 1.82) is 0 Å². The standard InChI is InChI=1S/C29H32ClN3O2/c1-29(2)16-23-27(25(34)17-29)28(19-10-4-3-5-11-19)33(24-15-9-8-14-22(24)31-23)18-26(35)32-21-13-7-6-12-20(21)30/h3-4,6-9,12-15,19,28,31H,5,10-11,16-18H2,1-2H3,(H,32,35)/t19-,28-/m1/s1. The molecule has 3 aliphatic rings. The molecule has 2 aliphatic carbocycles. The van der Waals surface area contributed by atoms with Crippen LogP contribution >= 0.6 is 11.6 Å². The summed E-state index contributed by atoms with van der Waals surface area (Å²) in [5.74, 6) is 0.278. The first-order valence-electron chi connectivity index (χ1n) is 12.4. The molecule has 35 heavy (non-hydrogen) atoms. The van der Waals surface area contributed by atoms with E-state index in [1.165, 1.54) is 0 Å². The number of amides is 1. The van der Waals surface area contributed by atoms with Gasteiger partial charge in [-0.2, -0.15) is 0 Å². The maximum atomic E-state index is 13.7. The molecule has 0 saturated heterocycles. The highest BCUT2D eigenvalue weighted by atomic mass is 35.5. The number of carbonyl (C=O) groups is 2. The lowest BCUT2D eigenvalue weighted by Gasteiger charge is -2.41. The third-order valence-corrected chi connectivity index (χ3v) is 7.60. The summed E-state index contributed by atoms with van der Waals surface area (Å²) >= 11 is 6.31. The zero-order valence-electron chi connectivity index (χ0n) is 20.3. The predicted octanol–water partition coefficient (Wildman–Crippen LogP) is 6.58. The van der Waals surface area contributed by atoms with Crippen LogP contribution in [0.15, 0.2) is 72.0 Å². The normalized spacial score (nSPS) is 23.2. The summed E-state index contributed by atoms with van der Waals surface area (Å²) in [6.45, 7) is 4.43. The fourth-order valence-electron chi connectivity index (χ4n) is 5.77. The molecule has 0 unspecified atom stereocenters. The van der Waals surface area contributed by atoms with Crippen LogP contribution in [0.4, 0.5) is 17.1 Å². The van der Waals surface area contributed by atoms with Crippen LogP contribution in [0, 0.1) is 11.3 Å². The fourth-order valence-corrected chi connectivity index (χ4v) is 5.95. The second-order valence-electron chi connectivity index (χ2n) is 10.6. The lowest BCUT2D eigenvalue weighted by Crippen LogP contribution is -2.49. The molecule has 5 rings (SSSR count). The molecule has 2 atom stereocenters. The Labute approximate surface area is 212 Å². The van der Waals surface area contributed by atoms with Crippen LogP contribution in [-0.2, 0) is 9.59 Å². The molecule has 2 aromatic rings. The molecule has 0 bridgehead atoms. The number of allylic oxidation sites excluding steroid dienone is 3. The molecular weight excluding hydrogens is 458 g/mol. The lowest BCUT2D eigenvalue weighted by molar-refractivity contribution is -0.119. The third kappa shape index (κ3) is 4.87. The molecule has 0 spiro atoms. The number of halogens is 1. The van der Waals surface area contributed by atoms with E-state index in [1.54, 1.807) is 12.1 Å². The number of nitrogens with one attached hydrogen (secondary N) is 2. The number of hydrogen-bond donors (Lipinski definition) is 2. The lowest BCUT2D eigenvalue weighted by atomic mass is 9.71. The monoisotopic (exact) mass is 489 g/mol. The number of rotatable bonds is 4. The molecule has 0 aromatic heterocycles. The number of para-hydroxylation sites is 3. The molecule has 1 amide bonds. The molecular formula is C29H32ClN3O2. The molecule has 1 heterocycles. The Morgan fingerprint density at radius 1 is 1.11 bits per heavy atom. The zero-order chi connectivity index (χ0) is 24.6. The van der Waals surface area contributed by atoms with E-state index in [0.717, 1.165) is 48.3 Å². The van der Waals surface area contributed by atoms with Crippen molar-refractivity contribution >= 4 is 40.4 Å². The minimum atomic E-state index is -0.174. The number of carbonyl (C=O) groups excluding carboxylic acids is 2. The summed E-state index contributed by atoms with van der Waals surface area (Å²) in [6.07, 6.45) is 8.62. The Morgan fingerprint density at radius 3 is 2.66 bits per heavy atom. The average molecular weight is 490 g/mol. The molecule has 0 radical (unpaired) electrons. The molecule has 2 N–H and O–H groups in total. The van der Waals surface area contributed by atoms with Crippen molar-refractivity contribution in [3.05, 3.63) is 77.0 Å². The first-order chi connectivity index (χ1) is 16.8. The zero-order valence-corrected chi connectivity index (χ0v) is 21.1. The van der Waals surface area contributed by atoms with Crippen LogP contribution in [0.2, 0.25) is 5.02 Å². The van der Waals surface area contributed by atoms with E-state index in [-0.39, 0.29) is 35.6 Å². The van der Waals surface area contributed by atoms with Crippen molar-refractivity contribution in [3.63, 3.8) is 0 Å². The molecule has 0 fully saturated rings. The van der Waals surface area contributed by atoms with Crippen LogP contribution in [0.25, 0.3) is 0 Å². The largest absolute Gasteiger partial charge is 0.357 e. The molecule has 2 aromatic carbocycles. The summed E-state index contributed by atoms with van der Waals surface area (Å²) in [6, 6.07) is 15.1. The summed E-state index contributed by atoms with van der Waals surface area (Å²) < 4.78 is 0. The topological polar surface area (TPSA) is 61.4 Å². The van der Waals surface area contributed by atoms with Gasteiger partial charge < -0.3 is 15.5 Å². The number of ketones is 1. The predicted molar refractivity (Wildman–Crippen MR) is 143 cm³/mol. The van der Waals surface area contributed by atoms with E-state index in [9.17, 15) is 9.59 Å². The van der Waals surface area contributed by atoms with Gasteiger partial charge in [0.1, 0.15) is 0 Å². The van der Waals surface area contributed by atoms with Crippen molar-refractivity contribution < 1.29 is 9.59 Å². The van der Waals surface area contributed by atoms with E-state index in [1.807, 2.05) is 36.4 Å². The van der Waals surface area contributed by atoms with Crippen molar-refractivity contribution in [2.24, 2.45) is 11.3 Å². The Hall–Kier alpha value is -3.05. The van der Waals surface area contributed by atoms with Crippen molar-refractivity contribution in [2.45, 2.75) is 52.0 Å². The molecule has 0 saturated carbocycles. The summed E-state index contributed by atoms with van der Waals surface area (Å²) in [5, 5.41) is 7.11. The maximum Gasteiger partial charge on any atom is 0.243 e. The van der Waals surface area contributed by atoms with Crippen LogP contribution in [0.3, 0.4) is 0 Å². The molecule has 182 valence electrons. The quantitative estimate of drug-likeness (QED) is 0.476. The Kier molecular flexibility index (Phi) is 6.45. The van der Waals surface area contributed by atoms with E-state index in [4.69, 9.17) is 11.6 Å². The van der Waals surface area contributed by atoms with E-state index in [2.05, 4.69) is 41.5 Å². The first-order valence-corrected chi connectivity index (χ1v) is 12.8. The van der Waals surface area contributed by atoms with E-state index < -0.39 is 0 Å². The number of hydrogen-bond acceptors (Lipinski definition) is 4. The molecule has 1 aliphatic heterocycles. The van der Waals surface area contributed by atoms with Crippen LogP contribution in [-0.4, -0.2) is 24.3 Å². The third-order valence-electron chi connectivity index (χ3n) is 7.27. The van der Waals surface area contributed by atoms with Crippen LogP contribution in [0.5, 0.6) is 0 Å². The number of nitrogens with zero attached hydrogens (tertiary/aromatic N) is 1. The fraction of sp³-hybridized carbons (Fsp3) is 0.379. The average Bonchev–Trinajstić information content (AvgIpc) is 2.95. The van der Waals surface area contributed by atoms with Crippen molar-refractivity contribution in [2.75, 3.05) is 22.1 Å². The Morgan fingerprint density at radius 2 is 1.89 bits per heavy atom. The van der Waals surface area contributed by atoms with Gasteiger partial charge in [-0.25, -0.2) is 0 Å². The summed E-state index contributed by atoms with van der Waals surface area (Å²) in [7, 11) is 0. The van der Waals surface area contributed by atoms with Crippen LogP contribution < -0.4 is 15.5 Å². The van der Waals surface area contributed by atoms with Gasteiger partial charge in [-0.1, -0.05) is 61.9 Å². The van der Waals surface area contributed by atoms with Gasteiger partial charge in [0.05, 0.1) is 34.7 Å². The van der Waals surface area contributed by atoms with Crippen molar-refractivity contribution in [3.8, 4) is 0 Å². The highest BCUT2D eigenvalue weighted by Crippen LogP contribution is 2.46. The minimum Gasteiger partial charge on any atom is -0.357 e. The number of benzene rings is 2. The SMILES string of the molecule is CC1(C)CC(=O)C2=C(C1)Nc1ccccc1N(CC(=O)Nc1ccccc1Cl)[C@@H]2[C@@H]1CC=CCC1. The second kappa shape index (κ2) is 9.54. The maximum absolute atomic E-state index is 13.7. The second-order valence-corrected chi connectivity index (χ2v) is 11.0. The summed E-state index contributed by atoms with van der Waals surface area (Å²) in [5.41, 5.74) is 4.23. The van der Waals surface area contributed by atoms with E-state index >= 15 is 0 Å². The summed E-state index contributed by atoms with van der Waals surface area (Å²) in [4.78, 5) is 29.2. The highest BCUT2D eigenvalue weighted by molar-refractivity contribution is 6.33. The Bertz CT molecular complexity index is 1220. The van der Waals surface area contributed by atoms with Crippen molar-refractivity contribution in [1.82, 2.24) is 0 Å². The van der Waals surface area contributed by atoms with Gasteiger partial charge in [-0.15, -0.1) is 0 Å². The van der Waals surface area contributed by atoms with Gasteiger partial charge >= 0.3 is 0 Å². The van der Waals surface area contributed by atoms with E-state index in [0.29, 0.717) is 17.1 Å². The van der Waals surface area contributed by atoms with Gasteiger partial charge in [-0.05, 0) is 61.3 Å². The van der Waals surface area contributed by atoms with Gasteiger partial charge in [0.15, 0.2) is 5.78 Å². The number of anilines is 3. The number of Topliss-reactive ketones (excluding diaryl/α,β-unsaturated/α-hetero) is 1. The van der Waals surface area contributed by atoms with Gasteiger partial charge in [-0.3, -0.25) is 9.59 Å². The molecule has 5 nitrogen and oxygen atoms in total. The Balaban J connectivity index is 1.59. The smallest absolute Gasteiger partial charge is 0.243 e. The van der Waals surface area contributed by atoms with Gasteiger partial charge in [0.25, 0.3) is 0 Å². The van der Waals surface area contributed by atoms with Gasteiger partial charge in [0, 0.05) is 17.7 Å². The van der Waals surface area contributed by atoms with Gasteiger partial charge in [0.2, 0.25) is 5.91 Å². The minimum absolute atomic E-state index is 0.106. The highest BCUT2D eigenvalue weighted by Gasteiger charge is 2.43. The first kappa shape index (κ1) is 23.7. The van der Waals surface area contributed by atoms with Crippen LogP contribution in [0.1, 0.15) is 46.0 Å². The molecule has 6 heteroatoms.